The number of hydrogen-bond acceptors (Lipinski definition) is 3. The average Bonchev–Trinajstić information content (AvgIpc) is 2.44. The second-order valence-corrected chi connectivity index (χ2v) is 4.68. The molecule has 0 amide bonds. The van der Waals surface area contributed by atoms with Crippen molar-refractivity contribution in [2.24, 2.45) is 0 Å². The van der Waals surface area contributed by atoms with Crippen molar-refractivity contribution in [2.45, 2.75) is 6.54 Å². The van der Waals surface area contributed by atoms with Gasteiger partial charge < -0.3 is 10.2 Å². The molecule has 0 aliphatic heterocycles. The van der Waals surface area contributed by atoms with Gasteiger partial charge >= 0.3 is 0 Å². The van der Waals surface area contributed by atoms with Gasteiger partial charge in [-0.2, -0.15) is 0 Å². The van der Waals surface area contributed by atoms with Crippen molar-refractivity contribution in [3.8, 4) is 5.75 Å². The molecule has 0 aromatic heterocycles. The molecular weight excluding hydrogens is 311 g/mol. The van der Waals surface area contributed by atoms with Crippen molar-refractivity contribution in [3.63, 3.8) is 0 Å². The number of methoxy groups -OCH3 is 1. The van der Waals surface area contributed by atoms with Crippen molar-refractivity contribution in [3.05, 3.63) is 58.3 Å². The van der Waals surface area contributed by atoms with Gasteiger partial charge in [-0.1, -0.05) is 18.2 Å². The lowest BCUT2D eigenvalue weighted by Gasteiger charge is -2.12. The summed E-state index contributed by atoms with van der Waals surface area (Å²) in [5.41, 5.74) is 7.42. The predicted molar refractivity (Wildman–Crippen MR) is 77.6 cm³/mol. The zero-order valence-corrected chi connectivity index (χ0v) is 12.0. The van der Waals surface area contributed by atoms with Gasteiger partial charge in [0, 0.05) is 17.8 Å². The van der Waals surface area contributed by atoms with E-state index < -0.39 is 0 Å². The number of benzene rings is 2. The van der Waals surface area contributed by atoms with E-state index in [0.717, 1.165) is 5.69 Å². The van der Waals surface area contributed by atoms with Crippen molar-refractivity contribution in [1.82, 2.24) is 5.43 Å². The van der Waals surface area contributed by atoms with Crippen LogP contribution in [0.25, 0.3) is 0 Å². The molecule has 19 heavy (non-hydrogen) atoms. The Morgan fingerprint density at radius 2 is 1.89 bits per heavy atom. The van der Waals surface area contributed by atoms with E-state index in [1.807, 2.05) is 30.3 Å². The molecule has 0 unspecified atom stereocenters. The summed E-state index contributed by atoms with van der Waals surface area (Å²) in [7, 11) is 1.55. The Hall–Kier alpha value is -1.59. The average molecular weight is 325 g/mol. The van der Waals surface area contributed by atoms with Crippen molar-refractivity contribution in [1.29, 1.82) is 0 Å². The molecule has 3 nitrogen and oxygen atoms in total. The Balaban J connectivity index is 2.03. The fraction of sp³-hybridized carbons (Fsp3) is 0.143. The number of ether oxygens (including phenoxy) is 1. The highest BCUT2D eigenvalue weighted by Crippen LogP contribution is 2.30. The largest absolute Gasteiger partial charge is 0.496 e. The number of rotatable bonds is 5. The molecule has 0 saturated carbocycles. The molecule has 0 aliphatic carbocycles. The summed E-state index contributed by atoms with van der Waals surface area (Å²) in [5, 5.41) is 0. The summed E-state index contributed by atoms with van der Waals surface area (Å²) in [6.45, 7) is 0.332. The molecule has 2 aromatic carbocycles. The fourth-order valence-corrected chi connectivity index (χ4v) is 2.28. The first-order valence-corrected chi connectivity index (χ1v) is 6.56. The maximum Gasteiger partial charge on any atom is 0.133 e. The van der Waals surface area contributed by atoms with Crippen molar-refractivity contribution >= 4 is 21.6 Å². The van der Waals surface area contributed by atoms with Gasteiger partial charge in [0.25, 0.3) is 0 Å². The van der Waals surface area contributed by atoms with E-state index in [-0.39, 0.29) is 5.82 Å². The summed E-state index contributed by atoms with van der Waals surface area (Å²) in [4.78, 5) is 0. The normalized spacial score (nSPS) is 10.3. The highest BCUT2D eigenvalue weighted by molar-refractivity contribution is 9.10. The van der Waals surface area contributed by atoms with Gasteiger partial charge in [0.1, 0.15) is 11.6 Å². The van der Waals surface area contributed by atoms with Crippen molar-refractivity contribution in [2.75, 3.05) is 12.5 Å². The first kappa shape index (κ1) is 13.8. The maximum absolute atomic E-state index is 13.7. The van der Waals surface area contributed by atoms with Gasteiger partial charge in [-0.05, 0) is 40.2 Å². The third kappa shape index (κ3) is 3.45. The third-order valence-electron chi connectivity index (χ3n) is 2.64. The van der Waals surface area contributed by atoms with Gasteiger partial charge in [0.2, 0.25) is 0 Å². The lowest BCUT2D eigenvalue weighted by atomic mass is 10.2. The van der Waals surface area contributed by atoms with Crippen LogP contribution in [0.2, 0.25) is 0 Å². The molecule has 2 N–H and O–H groups in total. The van der Waals surface area contributed by atoms with E-state index in [1.54, 1.807) is 13.2 Å². The van der Waals surface area contributed by atoms with E-state index in [1.165, 1.54) is 6.07 Å². The van der Waals surface area contributed by atoms with Crippen molar-refractivity contribution < 1.29 is 9.13 Å². The molecule has 0 fully saturated rings. The van der Waals surface area contributed by atoms with Gasteiger partial charge in [-0.25, -0.2) is 9.82 Å². The Morgan fingerprint density at radius 1 is 1.16 bits per heavy atom. The number of hydrazine groups is 1. The monoisotopic (exact) mass is 324 g/mol. The number of para-hydroxylation sites is 1. The van der Waals surface area contributed by atoms with Crippen LogP contribution in [0, 0.1) is 5.82 Å². The van der Waals surface area contributed by atoms with Gasteiger partial charge in [0.15, 0.2) is 0 Å². The zero-order chi connectivity index (χ0) is 13.7. The molecular formula is C14H14BrFN2O. The number of anilines is 1. The van der Waals surface area contributed by atoms with E-state index >= 15 is 0 Å². The van der Waals surface area contributed by atoms with Crippen LogP contribution in [0.3, 0.4) is 0 Å². The highest BCUT2D eigenvalue weighted by Gasteiger charge is 2.11. The molecule has 0 aliphatic rings. The molecule has 5 heteroatoms. The minimum Gasteiger partial charge on any atom is -0.496 e. The van der Waals surface area contributed by atoms with E-state index in [4.69, 9.17) is 4.74 Å². The maximum atomic E-state index is 13.7. The summed E-state index contributed by atoms with van der Waals surface area (Å²) in [6, 6.07) is 12.6. The van der Waals surface area contributed by atoms with Crippen LogP contribution in [-0.4, -0.2) is 7.11 Å². The van der Waals surface area contributed by atoms with Crippen LogP contribution in [0.1, 0.15) is 5.56 Å². The van der Waals surface area contributed by atoms with Crippen LogP contribution in [0.4, 0.5) is 10.1 Å². The van der Waals surface area contributed by atoms with Crippen LogP contribution < -0.4 is 15.6 Å². The molecule has 0 atom stereocenters. The minimum absolute atomic E-state index is 0.282. The summed E-state index contributed by atoms with van der Waals surface area (Å²) in [5.74, 6) is 0.327. The zero-order valence-electron chi connectivity index (χ0n) is 10.4. The Labute approximate surface area is 119 Å². The number of nitrogens with one attached hydrogen (secondary N) is 2. The topological polar surface area (TPSA) is 33.3 Å². The van der Waals surface area contributed by atoms with Crippen LogP contribution in [0.15, 0.2) is 46.9 Å². The molecule has 0 radical (unpaired) electrons. The Kier molecular flexibility index (Phi) is 4.76. The first-order chi connectivity index (χ1) is 9.22. The number of hydrogen-bond donors (Lipinski definition) is 2. The minimum atomic E-state index is -0.282. The van der Waals surface area contributed by atoms with Gasteiger partial charge in [0.05, 0.1) is 11.6 Å². The van der Waals surface area contributed by atoms with Gasteiger partial charge in [-0.3, -0.25) is 0 Å². The molecule has 2 rings (SSSR count). The molecule has 100 valence electrons. The SMILES string of the molecule is COc1ccc(F)c(CNNc2ccccc2)c1Br. The second kappa shape index (κ2) is 6.54. The summed E-state index contributed by atoms with van der Waals surface area (Å²) in [6.07, 6.45) is 0. The molecule has 0 spiro atoms. The van der Waals surface area contributed by atoms with E-state index in [2.05, 4.69) is 26.8 Å². The molecule has 0 saturated heterocycles. The molecule has 0 bridgehead atoms. The van der Waals surface area contributed by atoms with Crippen LogP contribution >= 0.6 is 15.9 Å². The van der Waals surface area contributed by atoms with E-state index in [9.17, 15) is 4.39 Å². The predicted octanol–water partition coefficient (Wildman–Crippen LogP) is 3.71. The standard InChI is InChI=1S/C14H14BrFN2O/c1-19-13-8-7-12(16)11(14(13)15)9-17-18-10-5-3-2-4-6-10/h2-8,17-18H,9H2,1H3. The summed E-state index contributed by atoms with van der Waals surface area (Å²) < 4.78 is 19.5. The van der Waals surface area contributed by atoms with Gasteiger partial charge in [-0.15, -0.1) is 0 Å². The lowest BCUT2D eigenvalue weighted by Crippen LogP contribution is -2.21. The van der Waals surface area contributed by atoms with E-state index in [0.29, 0.717) is 22.3 Å². The van der Waals surface area contributed by atoms with Crippen LogP contribution in [0.5, 0.6) is 5.75 Å². The smallest absolute Gasteiger partial charge is 0.133 e. The highest BCUT2D eigenvalue weighted by atomic mass is 79.9. The molecule has 2 aromatic rings. The van der Waals surface area contributed by atoms with Crippen LogP contribution in [-0.2, 0) is 6.54 Å². The quantitative estimate of drug-likeness (QED) is 0.822. The second-order valence-electron chi connectivity index (χ2n) is 3.89. The first-order valence-electron chi connectivity index (χ1n) is 5.77. The lowest BCUT2D eigenvalue weighted by molar-refractivity contribution is 0.409. The third-order valence-corrected chi connectivity index (χ3v) is 3.51. The Morgan fingerprint density at radius 3 is 2.58 bits per heavy atom. The Bertz CT molecular complexity index is 549. The fourth-order valence-electron chi connectivity index (χ4n) is 1.65. The number of halogens is 2. The molecule has 0 heterocycles. The summed E-state index contributed by atoms with van der Waals surface area (Å²) >= 11 is 3.35.